The van der Waals surface area contributed by atoms with E-state index in [1.54, 1.807) is 24.4 Å². The third kappa shape index (κ3) is 4.83. The lowest BCUT2D eigenvalue weighted by molar-refractivity contribution is -0.141. The number of rotatable bonds is 5. The van der Waals surface area contributed by atoms with Crippen LogP contribution in [0.25, 0.3) is 11.3 Å². The van der Waals surface area contributed by atoms with Crippen LogP contribution in [0.15, 0.2) is 59.6 Å². The van der Waals surface area contributed by atoms with Gasteiger partial charge in [0.2, 0.25) is 5.95 Å². The molecule has 0 amide bonds. The summed E-state index contributed by atoms with van der Waals surface area (Å²) in [7, 11) is -3.41. The largest absolute Gasteiger partial charge is 0.433 e. The van der Waals surface area contributed by atoms with Crippen molar-refractivity contribution in [1.29, 1.82) is 0 Å². The number of benzene rings is 1. The molecule has 0 aliphatic carbocycles. The van der Waals surface area contributed by atoms with Gasteiger partial charge in [-0.3, -0.25) is 4.98 Å². The highest BCUT2D eigenvalue weighted by Gasteiger charge is 2.33. The van der Waals surface area contributed by atoms with Gasteiger partial charge in [-0.25, -0.2) is 18.4 Å². The quantitative estimate of drug-likeness (QED) is 0.695. The zero-order valence-electron chi connectivity index (χ0n) is 14.6. The summed E-state index contributed by atoms with van der Waals surface area (Å²) in [6.07, 6.45) is -2.04. The number of sulfone groups is 1. The maximum atomic E-state index is 13.2. The minimum Gasteiger partial charge on any atom is -0.349 e. The Hall–Kier alpha value is -3.01. The van der Waals surface area contributed by atoms with E-state index in [4.69, 9.17) is 0 Å². The Bertz CT molecular complexity index is 1070. The molecule has 1 N–H and O–H groups in total. The molecule has 2 aromatic heterocycles. The second-order valence-corrected chi connectivity index (χ2v) is 7.95. The van der Waals surface area contributed by atoms with Crippen LogP contribution in [0.5, 0.6) is 0 Å². The van der Waals surface area contributed by atoms with Crippen molar-refractivity contribution in [2.24, 2.45) is 0 Å². The summed E-state index contributed by atoms with van der Waals surface area (Å²) in [6.45, 7) is 0.147. The van der Waals surface area contributed by atoms with Crippen LogP contribution in [-0.4, -0.2) is 29.6 Å². The topological polar surface area (TPSA) is 84.8 Å². The third-order valence-corrected chi connectivity index (χ3v) is 4.88. The van der Waals surface area contributed by atoms with E-state index >= 15 is 0 Å². The van der Waals surface area contributed by atoms with Crippen molar-refractivity contribution in [2.45, 2.75) is 17.6 Å². The molecular formula is C18H15F3N4O2S. The number of aromatic nitrogens is 3. The summed E-state index contributed by atoms with van der Waals surface area (Å²) >= 11 is 0. The van der Waals surface area contributed by atoms with Crippen LogP contribution < -0.4 is 5.32 Å². The van der Waals surface area contributed by atoms with Gasteiger partial charge in [-0.05, 0) is 30.3 Å². The number of hydrogen-bond donors (Lipinski definition) is 1. The monoisotopic (exact) mass is 408 g/mol. The molecule has 0 aliphatic heterocycles. The van der Waals surface area contributed by atoms with Crippen molar-refractivity contribution in [1.82, 2.24) is 15.0 Å². The Morgan fingerprint density at radius 1 is 1.04 bits per heavy atom. The Morgan fingerprint density at radius 3 is 2.32 bits per heavy atom. The van der Waals surface area contributed by atoms with Crippen molar-refractivity contribution in [3.63, 3.8) is 0 Å². The smallest absolute Gasteiger partial charge is 0.349 e. The van der Waals surface area contributed by atoms with Gasteiger partial charge in [0.1, 0.15) is 0 Å². The van der Waals surface area contributed by atoms with Crippen molar-refractivity contribution in [3.05, 3.63) is 66.1 Å². The van der Waals surface area contributed by atoms with Crippen LogP contribution in [0.4, 0.5) is 19.1 Å². The molecule has 0 saturated carbocycles. The van der Waals surface area contributed by atoms with Crippen molar-refractivity contribution in [3.8, 4) is 11.3 Å². The molecule has 0 saturated heterocycles. The van der Waals surface area contributed by atoms with Crippen LogP contribution >= 0.6 is 0 Å². The minimum absolute atomic E-state index is 0.0193. The molecule has 0 atom stereocenters. The maximum absolute atomic E-state index is 13.2. The Balaban J connectivity index is 1.96. The Kier molecular flexibility index (Phi) is 5.32. The van der Waals surface area contributed by atoms with Gasteiger partial charge in [0.15, 0.2) is 15.5 Å². The third-order valence-electron chi connectivity index (χ3n) is 3.75. The molecule has 146 valence electrons. The standard InChI is InChI=1S/C18H15F3N4O2S/c1-28(26,27)14-7-5-12(6-8-14)15-10-16(18(19,20)21)25-17(24-15)23-11-13-4-2-3-9-22-13/h2-10H,11H2,1H3,(H,23,24,25). The SMILES string of the molecule is CS(=O)(=O)c1ccc(-c2cc(C(F)(F)F)nc(NCc3ccccn3)n2)cc1. The molecule has 2 heterocycles. The summed E-state index contributed by atoms with van der Waals surface area (Å²) < 4.78 is 62.8. The fourth-order valence-corrected chi connectivity index (χ4v) is 3.00. The van der Waals surface area contributed by atoms with Gasteiger partial charge in [-0.15, -0.1) is 0 Å². The summed E-state index contributed by atoms with van der Waals surface area (Å²) in [5.74, 6) is -0.206. The summed E-state index contributed by atoms with van der Waals surface area (Å²) in [4.78, 5) is 11.8. The second-order valence-electron chi connectivity index (χ2n) is 5.93. The molecule has 0 fully saturated rings. The zero-order valence-corrected chi connectivity index (χ0v) is 15.4. The average Bonchev–Trinajstić information content (AvgIpc) is 2.66. The Labute approximate surface area is 159 Å². The van der Waals surface area contributed by atoms with E-state index in [2.05, 4.69) is 20.3 Å². The number of hydrogen-bond acceptors (Lipinski definition) is 6. The summed E-state index contributed by atoms with van der Waals surface area (Å²) in [5, 5.41) is 2.74. The highest BCUT2D eigenvalue weighted by molar-refractivity contribution is 7.90. The van der Waals surface area contributed by atoms with E-state index in [9.17, 15) is 21.6 Å². The van der Waals surface area contributed by atoms with E-state index in [1.165, 1.54) is 24.3 Å². The molecule has 0 aliphatic rings. The molecule has 3 aromatic rings. The molecular weight excluding hydrogens is 393 g/mol. The molecule has 0 radical (unpaired) electrons. The first-order chi connectivity index (χ1) is 13.1. The lowest BCUT2D eigenvalue weighted by Gasteiger charge is -2.12. The van der Waals surface area contributed by atoms with Crippen LogP contribution in [-0.2, 0) is 22.6 Å². The van der Waals surface area contributed by atoms with Crippen LogP contribution in [0.1, 0.15) is 11.4 Å². The normalized spacial score (nSPS) is 12.0. The number of nitrogens with one attached hydrogen (secondary N) is 1. The van der Waals surface area contributed by atoms with E-state index in [-0.39, 0.29) is 23.1 Å². The van der Waals surface area contributed by atoms with Gasteiger partial charge >= 0.3 is 6.18 Å². The predicted octanol–water partition coefficient (Wildman–Crippen LogP) is 3.57. The van der Waals surface area contributed by atoms with Crippen molar-refractivity contribution < 1.29 is 21.6 Å². The van der Waals surface area contributed by atoms with E-state index < -0.39 is 21.7 Å². The first-order valence-corrected chi connectivity index (χ1v) is 9.92. The van der Waals surface area contributed by atoms with Crippen LogP contribution in [0.2, 0.25) is 0 Å². The van der Waals surface area contributed by atoms with Gasteiger partial charge < -0.3 is 5.32 Å². The van der Waals surface area contributed by atoms with Gasteiger partial charge in [0, 0.05) is 18.0 Å². The Morgan fingerprint density at radius 2 is 1.75 bits per heavy atom. The van der Waals surface area contributed by atoms with Gasteiger partial charge in [-0.1, -0.05) is 18.2 Å². The van der Waals surface area contributed by atoms with Crippen LogP contribution in [0.3, 0.4) is 0 Å². The fourth-order valence-electron chi connectivity index (χ4n) is 2.36. The van der Waals surface area contributed by atoms with E-state index in [0.29, 0.717) is 11.3 Å². The number of nitrogens with zero attached hydrogens (tertiary/aromatic N) is 3. The molecule has 6 nitrogen and oxygen atoms in total. The minimum atomic E-state index is -4.66. The average molecular weight is 408 g/mol. The van der Waals surface area contributed by atoms with Crippen molar-refractivity contribution in [2.75, 3.05) is 11.6 Å². The van der Waals surface area contributed by atoms with Crippen molar-refractivity contribution >= 4 is 15.8 Å². The van der Waals surface area contributed by atoms with Crippen LogP contribution in [0, 0.1) is 0 Å². The lowest BCUT2D eigenvalue weighted by Crippen LogP contribution is -2.13. The summed E-state index contributed by atoms with van der Waals surface area (Å²) in [6, 6.07) is 11.5. The fraction of sp³-hybridized carbons (Fsp3) is 0.167. The highest BCUT2D eigenvalue weighted by atomic mass is 32.2. The maximum Gasteiger partial charge on any atom is 0.433 e. The highest BCUT2D eigenvalue weighted by Crippen LogP contribution is 2.31. The number of halogens is 3. The predicted molar refractivity (Wildman–Crippen MR) is 97.1 cm³/mol. The molecule has 0 spiro atoms. The molecule has 10 heteroatoms. The van der Waals surface area contributed by atoms with E-state index in [0.717, 1.165) is 12.3 Å². The van der Waals surface area contributed by atoms with Gasteiger partial charge in [0.05, 0.1) is 22.8 Å². The first-order valence-electron chi connectivity index (χ1n) is 8.03. The molecule has 28 heavy (non-hydrogen) atoms. The van der Waals surface area contributed by atoms with E-state index in [1.807, 2.05) is 0 Å². The molecule has 0 bridgehead atoms. The second kappa shape index (κ2) is 7.55. The number of pyridine rings is 1. The summed E-state index contributed by atoms with van der Waals surface area (Å²) in [5.41, 5.74) is -0.136. The molecule has 0 unspecified atom stereocenters. The van der Waals surface area contributed by atoms with Gasteiger partial charge in [-0.2, -0.15) is 13.2 Å². The van der Waals surface area contributed by atoms with Gasteiger partial charge in [0.25, 0.3) is 0 Å². The first kappa shape index (κ1) is 19.7. The molecule has 3 rings (SSSR count). The lowest BCUT2D eigenvalue weighted by atomic mass is 10.1. The molecule has 1 aromatic carbocycles. The number of alkyl halides is 3. The zero-order chi connectivity index (χ0) is 20.4. The number of anilines is 1.